The number of hydrogen-bond acceptors (Lipinski definition) is 2. The van der Waals surface area contributed by atoms with Crippen LogP contribution in [0.4, 0.5) is 0 Å². The Labute approximate surface area is 69.6 Å². The molecular formula is H4LiO5PTi. The van der Waals surface area contributed by atoms with E-state index in [1.165, 1.54) is 0 Å². The van der Waals surface area contributed by atoms with Crippen LogP contribution in [0.15, 0.2) is 0 Å². The number of phosphoric acid groups is 1. The quantitative estimate of drug-likeness (QED) is 0.297. The fraction of sp³-hybridized carbons (Fsp3) is 0. The van der Waals surface area contributed by atoms with Crippen LogP contribution in [-0.4, -0.2) is 33.5 Å². The minimum atomic E-state index is -4.64. The molecule has 3 N–H and O–H groups in total. The van der Waals surface area contributed by atoms with Gasteiger partial charge < -0.3 is 14.7 Å². The van der Waals surface area contributed by atoms with Crippen molar-refractivity contribution in [3.05, 3.63) is 0 Å². The third-order valence-corrected chi connectivity index (χ3v) is 0. The van der Waals surface area contributed by atoms with Crippen LogP contribution >= 0.6 is 7.82 Å². The van der Waals surface area contributed by atoms with E-state index >= 15 is 0 Å². The first kappa shape index (κ1) is 16.1. The second kappa shape index (κ2) is 8.22. The molecule has 0 atom stereocenters. The van der Waals surface area contributed by atoms with Gasteiger partial charge >= 0.3 is 50.4 Å². The average Bonchev–Trinajstić information content (AvgIpc) is 1.36. The Bertz CT molecular complexity index is 68.2. The van der Waals surface area contributed by atoms with Gasteiger partial charge in [0.1, 0.15) is 0 Å². The Kier molecular flexibility index (Phi) is 16.5. The summed E-state index contributed by atoms with van der Waals surface area (Å²) in [5.74, 6) is 0. The van der Waals surface area contributed by atoms with Crippen LogP contribution in [0, 0.1) is 0 Å². The summed E-state index contributed by atoms with van der Waals surface area (Å²) in [5, 5.41) is 0. The van der Waals surface area contributed by atoms with E-state index in [0.717, 1.165) is 20.4 Å². The third kappa shape index (κ3) is 187. The molecule has 0 fully saturated rings. The van der Waals surface area contributed by atoms with Crippen LogP contribution in [-0.2, 0) is 28.3 Å². The summed E-state index contributed by atoms with van der Waals surface area (Å²) in [5.41, 5.74) is 0. The van der Waals surface area contributed by atoms with E-state index in [-0.39, 0.29) is 18.9 Å². The minimum absolute atomic E-state index is 0. The Balaban J connectivity index is -0.0000000750. The molecule has 0 spiro atoms. The van der Waals surface area contributed by atoms with Gasteiger partial charge in [0.15, 0.2) is 0 Å². The van der Waals surface area contributed by atoms with Crippen molar-refractivity contribution in [2.24, 2.45) is 0 Å². The van der Waals surface area contributed by atoms with E-state index < -0.39 is 7.82 Å². The molecular weight excluding hydrogens is 166 g/mol. The van der Waals surface area contributed by atoms with Crippen molar-refractivity contribution in [3.63, 3.8) is 0 Å². The van der Waals surface area contributed by atoms with Crippen molar-refractivity contribution >= 4 is 26.7 Å². The molecule has 0 aliphatic rings. The van der Waals surface area contributed by atoms with Gasteiger partial charge in [-0.15, -0.1) is 0 Å². The molecule has 44 valence electrons. The standard InChI is InChI=1S/Li.H3O4P.O.Ti.H/c;1-5(2,3)4;;;/h;(H3,1,2,3,4);;;. The van der Waals surface area contributed by atoms with Gasteiger partial charge in [0.25, 0.3) is 0 Å². The Morgan fingerprint density at radius 1 is 1.12 bits per heavy atom. The van der Waals surface area contributed by atoms with E-state index in [2.05, 4.69) is 0 Å². The predicted octanol–water partition coefficient (Wildman–Crippen LogP) is -1.70. The molecule has 0 radical (unpaired) electrons. The maximum atomic E-state index is 8.88. The Hall–Kier alpha value is 1.22. The monoisotopic (exact) mass is 170 g/mol. The normalized spacial score (nSPS) is 7.75. The second-order valence-electron chi connectivity index (χ2n) is 0.513. The van der Waals surface area contributed by atoms with E-state index in [1.807, 2.05) is 0 Å². The molecule has 0 unspecified atom stereocenters. The van der Waals surface area contributed by atoms with Crippen molar-refractivity contribution in [3.8, 4) is 0 Å². The maximum absolute atomic E-state index is 8.88. The molecule has 0 aromatic rings. The molecule has 5 nitrogen and oxygen atoms in total. The van der Waals surface area contributed by atoms with Gasteiger partial charge in [-0.05, 0) is 0 Å². The number of rotatable bonds is 0. The summed E-state index contributed by atoms with van der Waals surface area (Å²) in [4.78, 5) is 21.6. The zero-order chi connectivity index (χ0) is 6.50. The molecule has 0 aromatic heterocycles. The summed E-state index contributed by atoms with van der Waals surface area (Å²) < 4.78 is 17.1. The molecule has 0 rings (SSSR count). The molecule has 0 aliphatic carbocycles. The summed E-state index contributed by atoms with van der Waals surface area (Å²) >= 11 is 0.750. The first-order valence-corrected chi connectivity index (χ1v) is 3.19. The summed E-state index contributed by atoms with van der Waals surface area (Å²) in [6, 6.07) is 0. The van der Waals surface area contributed by atoms with Crippen LogP contribution in [0.1, 0.15) is 0 Å². The predicted molar refractivity (Wildman–Crippen MR) is 22.1 cm³/mol. The van der Waals surface area contributed by atoms with Gasteiger partial charge in [-0.3, -0.25) is 0 Å². The molecule has 0 amide bonds. The van der Waals surface area contributed by atoms with Crippen molar-refractivity contribution < 1.29 is 43.0 Å². The molecule has 8 heteroatoms. The third-order valence-electron chi connectivity index (χ3n) is 0. The second-order valence-corrected chi connectivity index (χ2v) is 1.54. The van der Waals surface area contributed by atoms with Crippen LogP contribution in [0.25, 0.3) is 0 Å². The van der Waals surface area contributed by atoms with Gasteiger partial charge in [-0.1, -0.05) is 0 Å². The van der Waals surface area contributed by atoms with Gasteiger partial charge in [0.05, 0.1) is 0 Å². The zero-order valence-electron chi connectivity index (χ0n) is 3.11. The van der Waals surface area contributed by atoms with Gasteiger partial charge in [0.2, 0.25) is 0 Å². The van der Waals surface area contributed by atoms with E-state index in [4.69, 9.17) is 22.6 Å². The molecule has 0 aliphatic heterocycles. The molecule has 0 aromatic carbocycles. The summed E-state index contributed by atoms with van der Waals surface area (Å²) in [7, 11) is -4.64. The first-order chi connectivity index (χ1) is 3.00. The Morgan fingerprint density at radius 2 is 1.12 bits per heavy atom. The molecule has 8 heavy (non-hydrogen) atoms. The van der Waals surface area contributed by atoms with Crippen molar-refractivity contribution in [2.45, 2.75) is 0 Å². The van der Waals surface area contributed by atoms with E-state index in [9.17, 15) is 0 Å². The first-order valence-electron chi connectivity index (χ1n) is 0.987. The Morgan fingerprint density at radius 3 is 1.12 bits per heavy atom. The van der Waals surface area contributed by atoms with Gasteiger partial charge in [-0.2, -0.15) is 0 Å². The zero-order valence-corrected chi connectivity index (χ0v) is 5.56. The van der Waals surface area contributed by atoms with E-state index in [1.54, 1.807) is 0 Å². The molecule has 0 bridgehead atoms. The van der Waals surface area contributed by atoms with Gasteiger partial charge in [0, 0.05) is 0 Å². The molecule has 0 saturated heterocycles. The fourth-order valence-corrected chi connectivity index (χ4v) is 0. The number of hydrogen-bond donors (Lipinski definition) is 3. The average molecular weight is 170 g/mol. The van der Waals surface area contributed by atoms with Crippen molar-refractivity contribution in [1.29, 1.82) is 0 Å². The van der Waals surface area contributed by atoms with Crippen LogP contribution in [0.5, 0.6) is 0 Å². The summed E-state index contributed by atoms with van der Waals surface area (Å²) in [6.07, 6.45) is 0. The topological polar surface area (TPSA) is 94.8 Å². The van der Waals surface area contributed by atoms with Gasteiger partial charge in [-0.25, -0.2) is 4.57 Å². The van der Waals surface area contributed by atoms with Crippen molar-refractivity contribution in [1.82, 2.24) is 0 Å². The molecule has 0 heterocycles. The van der Waals surface area contributed by atoms with Crippen LogP contribution < -0.4 is 0 Å². The van der Waals surface area contributed by atoms with Crippen LogP contribution in [0.3, 0.4) is 0 Å². The van der Waals surface area contributed by atoms with E-state index in [0.29, 0.717) is 0 Å². The summed E-state index contributed by atoms with van der Waals surface area (Å²) in [6.45, 7) is 0. The fourth-order valence-electron chi connectivity index (χ4n) is 0. The van der Waals surface area contributed by atoms with Crippen LogP contribution in [0.2, 0.25) is 0 Å². The SMILES string of the molecule is O=P(O)(O)O.[LiH].[O]=[Ti]. The van der Waals surface area contributed by atoms with Crippen molar-refractivity contribution in [2.75, 3.05) is 0 Å². The molecule has 0 saturated carbocycles.